The predicted molar refractivity (Wildman–Crippen MR) is 61.0 cm³/mol. The van der Waals surface area contributed by atoms with E-state index in [0.29, 0.717) is 12.2 Å². The van der Waals surface area contributed by atoms with E-state index in [1.54, 1.807) is 13.8 Å². The standard InChI is InChI=1S/C12H12O6/c1-3-5-9(13)17-11(15)7-8-12(16)18-10(14)6-4-2/h3-8H,1-2H3/b5-3?,6-4?,8-7-. The van der Waals surface area contributed by atoms with Crippen LogP contribution in [0, 0.1) is 0 Å². The molecule has 0 saturated carbocycles. The summed E-state index contributed by atoms with van der Waals surface area (Å²) in [5.41, 5.74) is 0. The van der Waals surface area contributed by atoms with Crippen LogP contribution >= 0.6 is 0 Å². The Morgan fingerprint density at radius 1 is 0.611 bits per heavy atom. The average molecular weight is 252 g/mol. The smallest absolute Gasteiger partial charge is 0.338 e. The number of allylic oxidation sites excluding steroid dienone is 2. The Morgan fingerprint density at radius 3 is 1.17 bits per heavy atom. The summed E-state index contributed by atoms with van der Waals surface area (Å²) in [7, 11) is 0. The first-order chi connectivity index (χ1) is 8.49. The van der Waals surface area contributed by atoms with Crippen molar-refractivity contribution in [3.63, 3.8) is 0 Å². The zero-order valence-electron chi connectivity index (χ0n) is 9.91. The molecule has 0 aromatic carbocycles. The van der Waals surface area contributed by atoms with Crippen LogP contribution < -0.4 is 0 Å². The van der Waals surface area contributed by atoms with Gasteiger partial charge in [0.15, 0.2) is 0 Å². The maximum atomic E-state index is 11.0. The lowest BCUT2D eigenvalue weighted by molar-refractivity contribution is -0.155. The summed E-state index contributed by atoms with van der Waals surface area (Å²) < 4.78 is 8.47. The van der Waals surface area contributed by atoms with Crippen LogP contribution in [0.4, 0.5) is 0 Å². The van der Waals surface area contributed by atoms with Gasteiger partial charge in [0, 0.05) is 24.3 Å². The van der Waals surface area contributed by atoms with Crippen molar-refractivity contribution in [2.24, 2.45) is 0 Å². The molecule has 0 aromatic heterocycles. The SMILES string of the molecule is CC=CC(=O)OC(=O)/C=C\C(=O)OC(=O)C=CC. The van der Waals surface area contributed by atoms with E-state index < -0.39 is 23.9 Å². The Hall–Kier alpha value is -2.50. The number of hydrogen-bond donors (Lipinski definition) is 0. The molecule has 0 radical (unpaired) electrons. The molecule has 0 spiro atoms. The molecule has 18 heavy (non-hydrogen) atoms. The fraction of sp³-hybridized carbons (Fsp3) is 0.167. The van der Waals surface area contributed by atoms with Gasteiger partial charge in [-0.2, -0.15) is 0 Å². The summed E-state index contributed by atoms with van der Waals surface area (Å²) in [6.07, 6.45) is 6.24. The summed E-state index contributed by atoms with van der Waals surface area (Å²) in [4.78, 5) is 43.6. The van der Waals surface area contributed by atoms with E-state index in [0.717, 1.165) is 12.2 Å². The molecule has 0 aromatic rings. The maximum absolute atomic E-state index is 11.0. The third-order valence-electron chi connectivity index (χ3n) is 1.36. The van der Waals surface area contributed by atoms with Crippen LogP contribution in [0.2, 0.25) is 0 Å². The normalized spacial score (nSPS) is 11.0. The van der Waals surface area contributed by atoms with Crippen LogP contribution in [0.5, 0.6) is 0 Å². The van der Waals surface area contributed by atoms with E-state index >= 15 is 0 Å². The number of ether oxygens (including phenoxy) is 2. The van der Waals surface area contributed by atoms with Crippen LogP contribution in [0.1, 0.15) is 13.8 Å². The van der Waals surface area contributed by atoms with E-state index in [1.807, 2.05) is 0 Å². The highest BCUT2D eigenvalue weighted by Gasteiger charge is 2.06. The largest absolute Gasteiger partial charge is 0.387 e. The minimum atomic E-state index is -1.03. The zero-order valence-corrected chi connectivity index (χ0v) is 9.91. The first-order valence-electron chi connectivity index (χ1n) is 4.94. The van der Waals surface area contributed by atoms with Crippen LogP contribution in [0.15, 0.2) is 36.5 Å². The monoisotopic (exact) mass is 252 g/mol. The molecule has 96 valence electrons. The molecular weight excluding hydrogens is 240 g/mol. The van der Waals surface area contributed by atoms with Crippen LogP contribution in [0.25, 0.3) is 0 Å². The van der Waals surface area contributed by atoms with Gasteiger partial charge in [0.05, 0.1) is 0 Å². The lowest BCUT2D eigenvalue weighted by Gasteiger charge is -1.95. The van der Waals surface area contributed by atoms with Crippen molar-refractivity contribution in [1.29, 1.82) is 0 Å². The van der Waals surface area contributed by atoms with Crippen molar-refractivity contribution in [2.45, 2.75) is 13.8 Å². The first-order valence-corrected chi connectivity index (χ1v) is 4.94. The van der Waals surface area contributed by atoms with Gasteiger partial charge in [0.25, 0.3) is 0 Å². The van der Waals surface area contributed by atoms with Gasteiger partial charge in [-0.1, -0.05) is 12.2 Å². The van der Waals surface area contributed by atoms with Gasteiger partial charge in [-0.15, -0.1) is 0 Å². The van der Waals surface area contributed by atoms with Crippen LogP contribution in [0.3, 0.4) is 0 Å². The molecule has 0 bridgehead atoms. The molecule has 0 saturated heterocycles. The molecule has 0 aliphatic rings. The van der Waals surface area contributed by atoms with Gasteiger partial charge in [0.2, 0.25) is 0 Å². The molecule has 0 fully saturated rings. The minimum absolute atomic E-state index is 0.687. The predicted octanol–water partition coefficient (Wildman–Crippen LogP) is 0.834. The molecule has 0 atom stereocenters. The molecular formula is C12H12O6. The lowest BCUT2D eigenvalue weighted by Crippen LogP contribution is -2.10. The van der Waals surface area contributed by atoms with Gasteiger partial charge in [-0.25, -0.2) is 19.2 Å². The molecule has 0 heterocycles. The number of hydrogen-bond acceptors (Lipinski definition) is 6. The van der Waals surface area contributed by atoms with Crippen molar-refractivity contribution < 1.29 is 28.7 Å². The van der Waals surface area contributed by atoms with Crippen LogP contribution in [-0.4, -0.2) is 23.9 Å². The van der Waals surface area contributed by atoms with Crippen molar-refractivity contribution in [1.82, 2.24) is 0 Å². The summed E-state index contributed by atoms with van der Waals surface area (Å²) in [6.45, 7) is 3.15. The first kappa shape index (κ1) is 15.5. The number of carbonyl (C=O) groups is 4. The Kier molecular flexibility index (Phi) is 7.43. The highest BCUT2D eigenvalue weighted by molar-refractivity contribution is 6.01. The van der Waals surface area contributed by atoms with Crippen LogP contribution in [-0.2, 0) is 28.7 Å². The third kappa shape index (κ3) is 7.75. The number of rotatable bonds is 4. The van der Waals surface area contributed by atoms with Gasteiger partial charge >= 0.3 is 23.9 Å². The molecule has 0 N–H and O–H groups in total. The zero-order chi connectivity index (χ0) is 14.0. The van der Waals surface area contributed by atoms with Crippen molar-refractivity contribution >= 4 is 23.9 Å². The number of carbonyl (C=O) groups excluding carboxylic acids is 4. The molecule has 0 amide bonds. The van der Waals surface area contributed by atoms with E-state index in [-0.39, 0.29) is 0 Å². The van der Waals surface area contributed by atoms with E-state index in [1.165, 1.54) is 12.2 Å². The highest BCUT2D eigenvalue weighted by atomic mass is 16.6. The summed E-state index contributed by atoms with van der Waals surface area (Å²) >= 11 is 0. The number of esters is 4. The molecule has 6 heteroatoms. The van der Waals surface area contributed by atoms with E-state index in [4.69, 9.17) is 0 Å². The Bertz CT molecular complexity index is 388. The summed E-state index contributed by atoms with van der Waals surface area (Å²) in [6, 6.07) is 0. The van der Waals surface area contributed by atoms with Crippen molar-refractivity contribution in [3.8, 4) is 0 Å². The van der Waals surface area contributed by atoms with E-state index in [2.05, 4.69) is 9.47 Å². The van der Waals surface area contributed by atoms with Gasteiger partial charge in [0.1, 0.15) is 0 Å². The second kappa shape index (κ2) is 8.63. The quantitative estimate of drug-likeness (QED) is 0.418. The fourth-order valence-electron chi connectivity index (χ4n) is 0.743. The lowest BCUT2D eigenvalue weighted by atomic mass is 10.5. The minimum Gasteiger partial charge on any atom is -0.387 e. The molecule has 0 rings (SSSR count). The molecule has 0 aliphatic carbocycles. The highest BCUT2D eigenvalue weighted by Crippen LogP contribution is 1.89. The average Bonchev–Trinajstić information content (AvgIpc) is 2.27. The topological polar surface area (TPSA) is 86.7 Å². The van der Waals surface area contributed by atoms with E-state index in [9.17, 15) is 19.2 Å². The third-order valence-corrected chi connectivity index (χ3v) is 1.36. The van der Waals surface area contributed by atoms with Gasteiger partial charge in [-0.3, -0.25) is 0 Å². The summed E-state index contributed by atoms with van der Waals surface area (Å²) in [5.74, 6) is -3.78. The molecule has 6 nitrogen and oxygen atoms in total. The van der Waals surface area contributed by atoms with Crippen molar-refractivity contribution in [3.05, 3.63) is 36.5 Å². The molecule has 0 unspecified atom stereocenters. The molecule has 0 aliphatic heterocycles. The summed E-state index contributed by atoms with van der Waals surface area (Å²) in [5, 5.41) is 0. The Labute approximate surface area is 104 Å². The van der Waals surface area contributed by atoms with Crippen molar-refractivity contribution in [2.75, 3.05) is 0 Å². The fourth-order valence-corrected chi connectivity index (χ4v) is 0.743. The van der Waals surface area contributed by atoms with Gasteiger partial charge < -0.3 is 9.47 Å². The van der Waals surface area contributed by atoms with Gasteiger partial charge in [-0.05, 0) is 13.8 Å². The second-order valence-corrected chi connectivity index (χ2v) is 2.81. The Balaban J connectivity index is 4.22. The second-order valence-electron chi connectivity index (χ2n) is 2.81. The maximum Gasteiger partial charge on any atom is 0.338 e. The Morgan fingerprint density at radius 2 is 0.889 bits per heavy atom.